The largest absolute Gasteiger partial charge is 0.493 e. The van der Waals surface area contributed by atoms with E-state index in [1.165, 1.54) is 0 Å². The van der Waals surface area contributed by atoms with Crippen LogP contribution >= 0.6 is 0 Å². The summed E-state index contributed by atoms with van der Waals surface area (Å²) in [6.45, 7) is 1.19. The zero-order valence-corrected chi connectivity index (χ0v) is 15.0. The molecule has 0 spiro atoms. The van der Waals surface area contributed by atoms with E-state index in [4.69, 9.17) is 14.2 Å². The Hall–Kier alpha value is -2.57. The Labute approximate surface area is 153 Å². The minimum absolute atomic E-state index is 0.00102. The minimum Gasteiger partial charge on any atom is -0.493 e. The lowest BCUT2D eigenvalue weighted by Crippen LogP contribution is -2.39. The van der Waals surface area contributed by atoms with Gasteiger partial charge in [-0.1, -0.05) is 24.3 Å². The number of para-hydroxylation sites is 2. The summed E-state index contributed by atoms with van der Waals surface area (Å²) in [7, 11) is 3.28. The normalized spacial score (nSPS) is 19.2. The van der Waals surface area contributed by atoms with E-state index in [2.05, 4.69) is 10.6 Å². The molecule has 3 rings (SSSR count). The number of ether oxygens (including phenoxy) is 3. The Morgan fingerprint density at radius 3 is 2.50 bits per heavy atom. The number of nitrogens with one attached hydrogen (secondary N) is 2. The number of carbonyl (C=O) groups is 1. The zero-order chi connectivity index (χ0) is 18.4. The summed E-state index contributed by atoms with van der Waals surface area (Å²) in [5.41, 5.74) is 1.01. The van der Waals surface area contributed by atoms with Crippen LogP contribution in [0.5, 0.6) is 17.2 Å². The van der Waals surface area contributed by atoms with E-state index in [1.54, 1.807) is 14.2 Å². The molecule has 0 radical (unpaired) electrons. The molecule has 0 unspecified atom stereocenters. The van der Waals surface area contributed by atoms with E-state index in [1.807, 2.05) is 48.5 Å². The molecule has 1 heterocycles. The van der Waals surface area contributed by atoms with E-state index in [0.29, 0.717) is 36.8 Å². The van der Waals surface area contributed by atoms with Crippen LogP contribution in [0.4, 0.5) is 0 Å². The molecule has 1 amide bonds. The minimum atomic E-state index is -0.187. The second-order valence-corrected chi connectivity index (χ2v) is 6.17. The van der Waals surface area contributed by atoms with Gasteiger partial charge in [-0.2, -0.15) is 0 Å². The topological polar surface area (TPSA) is 68.8 Å². The van der Waals surface area contributed by atoms with Crippen LogP contribution in [0.25, 0.3) is 0 Å². The fourth-order valence-electron chi connectivity index (χ4n) is 2.90. The fourth-order valence-corrected chi connectivity index (χ4v) is 2.90. The van der Waals surface area contributed by atoms with Crippen molar-refractivity contribution in [2.24, 2.45) is 0 Å². The lowest BCUT2D eigenvalue weighted by atomic mass is 10.1. The van der Waals surface area contributed by atoms with Crippen LogP contribution in [-0.4, -0.2) is 38.8 Å². The molecule has 6 nitrogen and oxygen atoms in total. The van der Waals surface area contributed by atoms with Crippen molar-refractivity contribution < 1.29 is 19.0 Å². The van der Waals surface area contributed by atoms with Gasteiger partial charge in [0.2, 0.25) is 5.91 Å². The molecule has 138 valence electrons. The van der Waals surface area contributed by atoms with Crippen molar-refractivity contribution in [1.29, 1.82) is 0 Å². The van der Waals surface area contributed by atoms with Gasteiger partial charge >= 0.3 is 0 Å². The third-order valence-corrected chi connectivity index (χ3v) is 4.43. The molecule has 1 aliphatic heterocycles. The summed E-state index contributed by atoms with van der Waals surface area (Å²) in [5.74, 6) is 2.06. The molecular formula is C20H24N2O4. The van der Waals surface area contributed by atoms with Crippen LogP contribution in [-0.2, 0) is 16.1 Å². The number of hydrogen-bond acceptors (Lipinski definition) is 5. The Morgan fingerprint density at radius 1 is 1.12 bits per heavy atom. The molecule has 1 saturated heterocycles. The third kappa shape index (κ3) is 4.53. The van der Waals surface area contributed by atoms with Crippen LogP contribution in [0.1, 0.15) is 12.0 Å². The van der Waals surface area contributed by atoms with Gasteiger partial charge in [0.15, 0.2) is 11.5 Å². The lowest BCUT2D eigenvalue weighted by molar-refractivity contribution is -0.123. The van der Waals surface area contributed by atoms with Crippen LogP contribution < -0.4 is 20.1 Å². The maximum Gasteiger partial charge on any atom is 0.237 e. The van der Waals surface area contributed by atoms with Crippen molar-refractivity contribution in [2.45, 2.75) is 25.1 Å². The van der Waals surface area contributed by atoms with Gasteiger partial charge < -0.3 is 24.8 Å². The van der Waals surface area contributed by atoms with Crippen LogP contribution in [0, 0.1) is 0 Å². The molecule has 0 bridgehead atoms. The number of benzene rings is 2. The average molecular weight is 356 g/mol. The van der Waals surface area contributed by atoms with Gasteiger partial charge in [0.05, 0.1) is 19.3 Å². The van der Waals surface area contributed by atoms with Gasteiger partial charge in [-0.3, -0.25) is 4.79 Å². The Morgan fingerprint density at radius 2 is 1.85 bits per heavy atom. The molecular weight excluding hydrogens is 332 g/mol. The summed E-state index contributed by atoms with van der Waals surface area (Å²) in [6, 6.07) is 14.9. The summed E-state index contributed by atoms with van der Waals surface area (Å²) >= 11 is 0. The van der Waals surface area contributed by atoms with E-state index >= 15 is 0 Å². The van der Waals surface area contributed by atoms with Crippen LogP contribution in [0.2, 0.25) is 0 Å². The molecule has 26 heavy (non-hydrogen) atoms. The first kappa shape index (κ1) is 18.2. The maximum absolute atomic E-state index is 12.2. The first-order valence-corrected chi connectivity index (χ1v) is 8.63. The number of hydrogen-bond donors (Lipinski definition) is 2. The third-order valence-electron chi connectivity index (χ3n) is 4.43. The SMILES string of the molecule is COc1ccccc1Oc1ccc(CNC(=O)[C@H]2C[C@H](OC)CN2)cc1. The van der Waals surface area contributed by atoms with Gasteiger partial charge in [-0.05, 0) is 36.2 Å². The molecule has 2 aromatic rings. The highest BCUT2D eigenvalue weighted by atomic mass is 16.5. The standard InChI is InChI=1S/C20H24N2O4/c1-24-16-11-17(21-13-16)20(23)22-12-14-7-9-15(10-8-14)26-19-6-4-3-5-18(19)25-2/h3-10,16-17,21H,11-13H2,1-2H3,(H,22,23)/t16-,17+/m0/s1. The average Bonchev–Trinajstić information content (AvgIpc) is 3.17. The first-order chi connectivity index (χ1) is 12.7. The highest BCUT2D eigenvalue weighted by molar-refractivity contribution is 5.82. The maximum atomic E-state index is 12.2. The highest BCUT2D eigenvalue weighted by Crippen LogP contribution is 2.30. The molecule has 1 aliphatic rings. The molecule has 0 aliphatic carbocycles. The first-order valence-electron chi connectivity index (χ1n) is 8.63. The Bertz CT molecular complexity index is 733. The van der Waals surface area contributed by atoms with Crippen molar-refractivity contribution in [3.05, 3.63) is 54.1 Å². The zero-order valence-electron chi connectivity index (χ0n) is 15.0. The number of rotatable bonds is 7. The molecule has 1 fully saturated rings. The molecule has 2 N–H and O–H groups in total. The van der Waals surface area contributed by atoms with Gasteiger partial charge in [-0.15, -0.1) is 0 Å². The Kier molecular flexibility index (Phi) is 6.09. The lowest BCUT2D eigenvalue weighted by Gasteiger charge is -2.12. The summed E-state index contributed by atoms with van der Waals surface area (Å²) in [5, 5.41) is 6.13. The fraction of sp³-hybridized carbons (Fsp3) is 0.350. The van der Waals surface area contributed by atoms with Gasteiger partial charge in [0, 0.05) is 20.2 Å². The summed E-state index contributed by atoms with van der Waals surface area (Å²) in [4.78, 5) is 12.2. The second kappa shape index (κ2) is 8.69. The number of methoxy groups -OCH3 is 2. The molecule has 6 heteroatoms. The van der Waals surface area contributed by atoms with E-state index in [0.717, 1.165) is 5.56 Å². The van der Waals surface area contributed by atoms with Gasteiger partial charge in [-0.25, -0.2) is 0 Å². The van der Waals surface area contributed by atoms with Gasteiger partial charge in [0.25, 0.3) is 0 Å². The van der Waals surface area contributed by atoms with Crippen LogP contribution in [0.15, 0.2) is 48.5 Å². The quantitative estimate of drug-likeness (QED) is 0.798. The highest BCUT2D eigenvalue weighted by Gasteiger charge is 2.28. The number of amides is 1. The van der Waals surface area contributed by atoms with Crippen molar-refractivity contribution in [1.82, 2.24) is 10.6 Å². The van der Waals surface area contributed by atoms with Crippen molar-refractivity contribution in [2.75, 3.05) is 20.8 Å². The molecule has 0 aromatic heterocycles. The second-order valence-electron chi connectivity index (χ2n) is 6.17. The smallest absolute Gasteiger partial charge is 0.237 e. The van der Waals surface area contributed by atoms with E-state index < -0.39 is 0 Å². The van der Waals surface area contributed by atoms with Crippen molar-refractivity contribution >= 4 is 5.91 Å². The predicted molar refractivity (Wildman–Crippen MR) is 98.6 cm³/mol. The number of carbonyl (C=O) groups excluding carboxylic acids is 1. The van der Waals surface area contributed by atoms with Crippen molar-refractivity contribution in [3.63, 3.8) is 0 Å². The van der Waals surface area contributed by atoms with Crippen LogP contribution in [0.3, 0.4) is 0 Å². The summed E-state index contributed by atoms with van der Waals surface area (Å²) in [6.07, 6.45) is 0.811. The monoisotopic (exact) mass is 356 g/mol. The summed E-state index contributed by atoms with van der Waals surface area (Å²) < 4.78 is 16.4. The molecule has 0 saturated carbocycles. The Balaban J connectivity index is 1.52. The molecule has 2 atom stereocenters. The van der Waals surface area contributed by atoms with E-state index in [-0.39, 0.29) is 18.1 Å². The van der Waals surface area contributed by atoms with Gasteiger partial charge in [0.1, 0.15) is 5.75 Å². The van der Waals surface area contributed by atoms with E-state index in [9.17, 15) is 4.79 Å². The predicted octanol–water partition coefficient (Wildman–Crippen LogP) is 2.48. The molecule has 2 aromatic carbocycles. The van der Waals surface area contributed by atoms with Crippen molar-refractivity contribution in [3.8, 4) is 17.2 Å².